The van der Waals surface area contributed by atoms with Crippen LogP contribution in [0.25, 0.3) is 0 Å². The Morgan fingerprint density at radius 1 is 1.10 bits per heavy atom. The van der Waals surface area contributed by atoms with E-state index in [1.165, 1.54) is 17.3 Å². The zero-order valence-corrected chi connectivity index (χ0v) is 19.1. The lowest BCUT2D eigenvalue weighted by Crippen LogP contribution is -2.34. The van der Waals surface area contributed by atoms with Crippen molar-refractivity contribution in [2.24, 2.45) is 4.99 Å². The van der Waals surface area contributed by atoms with Crippen molar-refractivity contribution in [3.63, 3.8) is 0 Å². The summed E-state index contributed by atoms with van der Waals surface area (Å²) in [6.45, 7) is 2.04. The molecule has 0 bridgehead atoms. The number of aliphatic imine (C=N–C) groups is 1. The highest BCUT2D eigenvalue weighted by atomic mass is 32.2. The number of rotatable bonds is 7. The summed E-state index contributed by atoms with van der Waals surface area (Å²) in [5.41, 5.74) is 3.11. The van der Waals surface area contributed by atoms with Crippen LogP contribution in [-0.2, 0) is 27.5 Å². The summed E-state index contributed by atoms with van der Waals surface area (Å²) < 4.78 is 23.3. The fourth-order valence-corrected chi connectivity index (χ4v) is 7.53. The molecule has 0 saturated carbocycles. The van der Waals surface area contributed by atoms with E-state index in [1.807, 2.05) is 49.4 Å². The number of benzene rings is 2. The maximum absolute atomic E-state index is 12.4. The van der Waals surface area contributed by atoms with Gasteiger partial charge in [-0.05, 0) is 43.0 Å². The molecule has 6 nitrogen and oxygen atoms in total. The number of sulfone groups is 1. The smallest absolute Gasteiger partial charge is 0.224 e. The number of carbonyl (C=O) groups is 1. The summed E-state index contributed by atoms with van der Waals surface area (Å²) in [7, 11) is -2.94. The first kappa shape index (κ1) is 21.9. The molecule has 0 aromatic heterocycles. The predicted octanol–water partition coefficient (Wildman–Crippen LogP) is 3.05. The first-order valence-corrected chi connectivity index (χ1v) is 13.2. The summed E-state index contributed by atoms with van der Waals surface area (Å²) in [6, 6.07) is 18.0. The highest BCUT2D eigenvalue weighted by Gasteiger charge is 2.42. The van der Waals surface area contributed by atoms with E-state index in [-0.39, 0.29) is 34.7 Å². The zero-order valence-electron chi connectivity index (χ0n) is 17.5. The quantitative estimate of drug-likeness (QED) is 0.667. The highest BCUT2D eigenvalue weighted by molar-refractivity contribution is 8.15. The molecule has 0 unspecified atom stereocenters. The fourth-order valence-electron chi connectivity index (χ4n) is 3.86. The molecule has 164 valence electrons. The Hall–Kier alpha value is -2.32. The molecule has 0 spiro atoms. The molecule has 4 rings (SSSR count). The van der Waals surface area contributed by atoms with Gasteiger partial charge in [-0.15, -0.1) is 0 Å². The van der Waals surface area contributed by atoms with Crippen molar-refractivity contribution in [3.8, 4) is 0 Å². The molecule has 2 heterocycles. The first-order valence-electron chi connectivity index (χ1n) is 10.5. The van der Waals surface area contributed by atoms with Crippen LogP contribution in [-0.4, -0.2) is 48.3 Å². The molecule has 2 aliphatic rings. The van der Waals surface area contributed by atoms with Crippen LogP contribution in [0.1, 0.15) is 24.5 Å². The molecule has 1 amide bonds. The Bertz CT molecular complexity index is 1050. The highest BCUT2D eigenvalue weighted by Crippen LogP contribution is 2.34. The van der Waals surface area contributed by atoms with E-state index in [1.54, 1.807) is 0 Å². The minimum Gasteiger partial charge on any atom is -0.353 e. The standard InChI is InChI=1S/C23H27N3O3S2/c1-16(7-8-17-5-3-2-4-6-17)24-22(27)13-18-9-11-19(12-10-18)25-23-26-20-14-31(28,29)15-21(20)30-23/h2-6,9-12,16,20-21H,7-8,13-15H2,1H3,(H,24,27)(H,25,26)/t16-,20-,21+/m1/s1. The van der Waals surface area contributed by atoms with Gasteiger partial charge in [0.2, 0.25) is 5.91 Å². The zero-order chi connectivity index (χ0) is 21.8. The number of hydrogen-bond acceptors (Lipinski definition) is 6. The van der Waals surface area contributed by atoms with Crippen LogP contribution in [0.5, 0.6) is 0 Å². The minimum absolute atomic E-state index is 0.0195. The summed E-state index contributed by atoms with van der Waals surface area (Å²) in [6.07, 6.45) is 2.19. The van der Waals surface area contributed by atoms with Gasteiger partial charge in [0, 0.05) is 17.0 Å². The van der Waals surface area contributed by atoms with Crippen molar-refractivity contribution in [3.05, 3.63) is 65.7 Å². The number of fused-ring (bicyclic) bond motifs is 1. The molecule has 1 fully saturated rings. The number of nitrogens with one attached hydrogen (secondary N) is 2. The number of carbonyl (C=O) groups excluding carboxylic acids is 1. The lowest BCUT2D eigenvalue weighted by atomic mass is 10.1. The summed E-state index contributed by atoms with van der Waals surface area (Å²) in [5, 5.41) is 7.13. The number of amides is 1. The Kier molecular flexibility index (Phi) is 6.67. The van der Waals surface area contributed by atoms with E-state index < -0.39 is 9.84 Å². The molecular formula is C23H27N3O3S2. The van der Waals surface area contributed by atoms with Crippen molar-refractivity contribution in [2.75, 3.05) is 16.8 Å². The van der Waals surface area contributed by atoms with Crippen molar-refractivity contribution >= 4 is 38.4 Å². The summed E-state index contributed by atoms with van der Waals surface area (Å²) in [5.74, 6) is 0.369. The van der Waals surface area contributed by atoms with E-state index in [4.69, 9.17) is 0 Å². The number of amidine groups is 1. The van der Waals surface area contributed by atoms with Crippen LogP contribution in [0.15, 0.2) is 59.6 Å². The van der Waals surface area contributed by atoms with Gasteiger partial charge in [0.1, 0.15) is 0 Å². The molecule has 1 saturated heterocycles. The Labute approximate surface area is 187 Å². The first-order chi connectivity index (χ1) is 14.9. The number of anilines is 1. The number of thioether (sulfide) groups is 1. The van der Waals surface area contributed by atoms with Crippen molar-refractivity contribution < 1.29 is 13.2 Å². The normalized spacial score (nSPS) is 22.4. The topological polar surface area (TPSA) is 87.6 Å². The van der Waals surface area contributed by atoms with Crippen LogP contribution >= 0.6 is 11.8 Å². The van der Waals surface area contributed by atoms with Crippen LogP contribution in [0.3, 0.4) is 0 Å². The van der Waals surface area contributed by atoms with Crippen molar-refractivity contribution in [1.29, 1.82) is 0 Å². The lowest BCUT2D eigenvalue weighted by Gasteiger charge is -2.14. The SMILES string of the molecule is C[C@H](CCc1ccccc1)NC(=O)Cc1ccc(NC2=N[C@@H]3CS(=O)(=O)C[C@@H]3S2)cc1. The second-order valence-corrected chi connectivity index (χ2v) is 11.6. The van der Waals surface area contributed by atoms with Gasteiger partial charge in [-0.3, -0.25) is 9.79 Å². The number of nitrogens with zero attached hydrogens (tertiary/aromatic N) is 1. The van der Waals surface area contributed by atoms with E-state index in [9.17, 15) is 13.2 Å². The molecule has 0 radical (unpaired) electrons. The van der Waals surface area contributed by atoms with Gasteiger partial charge in [-0.1, -0.05) is 54.2 Å². The van der Waals surface area contributed by atoms with Gasteiger partial charge in [0.05, 0.1) is 24.0 Å². The Balaban J connectivity index is 1.23. The number of aryl methyl sites for hydroxylation is 1. The third-order valence-electron chi connectivity index (χ3n) is 5.50. The minimum atomic E-state index is -2.94. The maximum atomic E-state index is 12.4. The fraction of sp³-hybridized carbons (Fsp3) is 0.391. The van der Waals surface area contributed by atoms with Crippen LogP contribution in [0, 0.1) is 0 Å². The monoisotopic (exact) mass is 457 g/mol. The van der Waals surface area contributed by atoms with Crippen LogP contribution in [0.4, 0.5) is 5.69 Å². The average molecular weight is 458 g/mol. The summed E-state index contributed by atoms with van der Waals surface area (Å²) in [4.78, 5) is 16.9. The molecule has 31 heavy (non-hydrogen) atoms. The lowest BCUT2D eigenvalue weighted by molar-refractivity contribution is -0.121. The molecule has 3 atom stereocenters. The third kappa shape index (κ3) is 6.11. The Morgan fingerprint density at radius 2 is 1.84 bits per heavy atom. The van der Waals surface area contributed by atoms with E-state index >= 15 is 0 Å². The van der Waals surface area contributed by atoms with Gasteiger partial charge in [-0.2, -0.15) is 0 Å². The maximum Gasteiger partial charge on any atom is 0.224 e. The molecule has 2 N–H and O–H groups in total. The molecular weight excluding hydrogens is 430 g/mol. The van der Waals surface area contributed by atoms with Crippen molar-refractivity contribution in [2.45, 2.75) is 43.5 Å². The average Bonchev–Trinajstić information content (AvgIpc) is 3.21. The van der Waals surface area contributed by atoms with Gasteiger partial charge in [0.15, 0.2) is 15.0 Å². The summed E-state index contributed by atoms with van der Waals surface area (Å²) >= 11 is 1.50. The second kappa shape index (κ2) is 9.44. The second-order valence-electron chi connectivity index (χ2n) is 8.23. The molecule has 0 aliphatic carbocycles. The third-order valence-corrected chi connectivity index (χ3v) is 8.65. The van der Waals surface area contributed by atoms with E-state index in [0.717, 1.165) is 29.3 Å². The van der Waals surface area contributed by atoms with Crippen LogP contribution < -0.4 is 10.6 Å². The van der Waals surface area contributed by atoms with E-state index in [0.29, 0.717) is 6.42 Å². The number of hydrogen-bond donors (Lipinski definition) is 2. The Morgan fingerprint density at radius 3 is 2.55 bits per heavy atom. The molecule has 8 heteroatoms. The molecule has 2 aromatic carbocycles. The predicted molar refractivity (Wildman–Crippen MR) is 127 cm³/mol. The van der Waals surface area contributed by atoms with Gasteiger partial charge in [0.25, 0.3) is 0 Å². The largest absolute Gasteiger partial charge is 0.353 e. The van der Waals surface area contributed by atoms with Gasteiger partial charge < -0.3 is 10.6 Å². The van der Waals surface area contributed by atoms with E-state index in [2.05, 4.69) is 27.8 Å². The van der Waals surface area contributed by atoms with Gasteiger partial charge >= 0.3 is 0 Å². The van der Waals surface area contributed by atoms with Gasteiger partial charge in [-0.25, -0.2) is 8.42 Å². The van der Waals surface area contributed by atoms with Crippen molar-refractivity contribution in [1.82, 2.24) is 5.32 Å². The molecule has 2 aliphatic heterocycles. The molecule has 2 aromatic rings. The van der Waals surface area contributed by atoms with Crippen LogP contribution in [0.2, 0.25) is 0 Å².